The summed E-state index contributed by atoms with van der Waals surface area (Å²) in [6.45, 7) is 2.21. The van der Waals surface area contributed by atoms with Crippen LogP contribution in [-0.2, 0) is 4.79 Å². The van der Waals surface area contributed by atoms with E-state index in [1.165, 1.54) is 4.90 Å². The third-order valence-corrected chi connectivity index (χ3v) is 1.80. The number of alkyl halides is 2. The lowest BCUT2D eigenvalue weighted by Crippen LogP contribution is -2.35. The maximum Gasteiger partial charge on any atom is 0.255 e. The Kier molecular flexibility index (Phi) is 7.28. The Morgan fingerprint density at radius 3 is 2.57 bits per heavy atom. The minimum absolute atomic E-state index is 0.224. The Bertz CT molecular complexity index is 165. The molecule has 0 saturated carbocycles. The van der Waals surface area contributed by atoms with E-state index in [1.807, 2.05) is 6.92 Å². The Labute approximate surface area is 83.3 Å². The number of nitrogens with two attached hydrogens (primary N) is 1. The van der Waals surface area contributed by atoms with Gasteiger partial charge in [0.2, 0.25) is 5.91 Å². The first kappa shape index (κ1) is 13.3. The number of hydrogen-bond acceptors (Lipinski definition) is 2. The number of carbonyl (C=O) groups excluding carboxylic acids is 1. The van der Waals surface area contributed by atoms with Crippen LogP contribution in [0.15, 0.2) is 0 Å². The summed E-state index contributed by atoms with van der Waals surface area (Å²) in [6.07, 6.45) is -0.935. The lowest BCUT2D eigenvalue weighted by molar-refractivity contribution is -0.133. The average Bonchev–Trinajstić information content (AvgIpc) is 2.13. The van der Waals surface area contributed by atoms with Crippen molar-refractivity contribution >= 4 is 5.91 Å². The molecule has 84 valence electrons. The molecular weight excluding hydrogens is 190 g/mol. The first-order valence-electron chi connectivity index (χ1n) is 4.87. The van der Waals surface area contributed by atoms with Crippen LogP contribution in [0.2, 0.25) is 0 Å². The maximum absolute atomic E-state index is 12.1. The molecule has 0 fully saturated rings. The van der Waals surface area contributed by atoms with Crippen molar-refractivity contribution in [3.63, 3.8) is 0 Å². The largest absolute Gasteiger partial charge is 0.337 e. The Morgan fingerprint density at radius 2 is 2.14 bits per heavy atom. The van der Waals surface area contributed by atoms with E-state index in [1.54, 1.807) is 0 Å². The summed E-state index contributed by atoms with van der Waals surface area (Å²) < 4.78 is 24.1. The smallest absolute Gasteiger partial charge is 0.255 e. The van der Waals surface area contributed by atoms with Gasteiger partial charge >= 0.3 is 0 Å². The van der Waals surface area contributed by atoms with E-state index in [0.29, 0.717) is 25.9 Å². The minimum Gasteiger partial charge on any atom is -0.337 e. The summed E-state index contributed by atoms with van der Waals surface area (Å²) in [6, 6.07) is 0. The van der Waals surface area contributed by atoms with Crippen LogP contribution in [0.25, 0.3) is 0 Å². The van der Waals surface area contributed by atoms with E-state index in [-0.39, 0.29) is 12.3 Å². The van der Waals surface area contributed by atoms with E-state index >= 15 is 0 Å². The highest BCUT2D eigenvalue weighted by Crippen LogP contribution is 2.03. The molecule has 0 aromatic carbocycles. The highest BCUT2D eigenvalue weighted by atomic mass is 19.3. The first-order valence-corrected chi connectivity index (χ1v) is 4.87. The van der Waals surface area contributed by atoms with Crippen molar-refractivity contribution in [2.75, 3.05) is 19.6 Å². The third kappa shape index (κ3) is 5.85. The van der Waals surface area contributed by atoms with Crippen LogP contribution in [-0.4, -0.2) is 36.9 Å². The molecular formula is C9H18F2N2O. The molecule has 0 aliphatic carbocycles. The number of carbonyl (C=O) groups is 1. The normalized spacial score (nSPS) is 10.6. The molecule has 0 radical (unpaired) electrons. The Morgan fingerprint density at radius 1 is 1.50 bits per heavy atom. The predicted molar refractivity (Wildman–Crippen MR) is 51.2 cm³/mol. The van der Waals surface area contributed by atoms with E-state index in [4.69, 9.17) is 5.73 Å². The molecule has 0 bridgehead atoms. The number of amides is 1. The SMILES string of the molecule is CCCN(CC(F)F)C(=O)CCCN. The number of halogens is 2. The topological polar surface area (TPSA) is 46.3 Å². The molecule has 0 aliphatic rings. The van der Waals surface area contributed by atoms with Gasteiger partial charge in [-0.1, -0.05) is 6.92 Å². The summed E-state index contributed by atoms with van der Waals surface area (Å²) in [5, 5.41) is 0. The highest BCUT2D eigenvalue weighted by molar-refractivity contribution is 5.76. The van der Waals surface area contributed by atoms with Crippen molar-refractivity contribution in [2.45, 2.75) is 32.6 Å². The second-order valence-corrected chi connectivity index (χ2v) is 3.12. The molecule has 0 atom stereocenters. The van der Waals surface area contributed by atoms with Crippen molar-refractivity contribution in [1.29, 1.82) is 0 Å². The Balaban J connectivity index is 3.97. The van der Waals surface area contributed by atoms with Gasteiger partial charge in [0.05, 0.1) is 6.54 Å². The van der Waals surface area contributed by atoms with Gasteiger partial charge in [-0.15, -0.1) is 0 Å². The van der Waals surface area contributed by atoms with E-state index in [2.05, 4.69) is 0 Å². The third-order valence-electron chi connectivity index (χ3n) is 1.80. The zero-order chi connectivity index (χ0) is 11.0. The molecule has 5 heteroatoms. The molecule has 0 aliphatic heterocycles. The summed E-state index contributed by atoms with van der Waals surface area (Å²) >= 11 is 0. The van der Waals surface area contributed by atoms with Gasteiger partial charge in [-0.3, -0.25) is 4.79 Å². The molecule has 0 aromatic rings. The molecule has 0 aromatic heterocycles. The fourth-order valence-corrected chi connectivity index (χ4v) is 1.17. The van der Waals surface area contributed by atoms with Gasteiger partial charge in [-0.25, -0.2) is 8.78 Å². The average molecular weight is 208 g/mol. The fraction of sp³-hybridized carbons (Fsp3) is 0.889. The van der Waals surface area contributed by atoms with E-state index < -0.39 is 13.0 Å². The molecule has 0 spiro atoms. The summed E-state index contributed by atoms with van der Waals surface area (Å²) in [7, 11) is 0. The summed E-state index contributed by atoms with van der Waals surface area (Å²) in [5.41, 5.74) is 5.23. The molecule has 0 unspecified atom stereocenters. The molecule has 0 heterocycles. The first-order chi connectivity index (χ1) is 6.61. The van der Waals surface area contributed by atoms with Gasteiger partial charge in [-0.2, -0.15) is 0 Å². The molecule has 1 amide bonds. The van der Waals surface area contributed by atoms with Gasteiger partial charge in [-0.05, 0) is 19.4 Å². The van der Waals surface area contributed by atoms with Crippen LogP contribution in [0.5, 0.6) is 0 Å². The molecule has 2 N–H and O–H groups in total. The zero-order valence-electron chi connectivity index (χ0n) is 8.51. The van der Waals surface area contributed by atoms with Crippen LogP contribution in [0.1, 0.15) is 26.2 Å². The molecule has 14 heavy (non-hydrogen) atoms. The highest BCUT2D eigenvalue weighted by Gasteiger charge is 2.16. The monoisotopic (exact) mass is 208 g/mol. The van der Waals surface area contributed by atoms with Crippen molar-refractivity contribution in [3.05, 3.63) is 0 Å². The van der Waals surface area contributed by atoms with Crippen LogP contribution in [0.3, 0.4) is 0 Å². The lowest BCUT2D eigenvalue weighted by Gasteiger charge is -2.21. The fourth-order valence-electron chi connectivity index (χ4n) is 1.17. The maximum atomic E-state index is 12.1. The standard InChI is InChI=1S/C9H18F2N2O/c1-2-6-13(7-8(10)11)9(14)4-3-5-12/h8H,2-7,12H2,1H3. The minimum atomic E-state index is -2.46. The van der Waals surface area contributed by atoms with Gasteiger partial charge < -0.3 is 10.6 Å². The zero-order valence-corrected chi connectivity index (χ0v) is 8.51. The number of rotatable bonds is 7. The lowest BCUT2D eigenvalue weighted by atomic mass is 10.2. The van der Waals surface area contributed by atoms with Gasteiger partial charge in [0.25, 0.3) is 6.43 Å². The van der Waals surface area contributed by atoms with Crippen molar-refractivity contribution in [3.8, 4) is 0 Å². The Hall–Kier alpha value is -0.710. The predicted octanol–water partition coefficient (Wildman–Crippen LogP) is 1.23. The van der Waals surface area contributed by atoms with Crippen LogP contribution in [0.4, 0.5) is 8.78 Å². The molecule has 0 rings (SSSR count). The number of nitrogens with zero attached hydrogens (tertiary/aromatic N) is 1. The van der Waals surface area contributed by atoms with Crippen LogP contribution >= 0.6 is 0 Å². The molecule has 0 saturated heterocycles. The van der Waals surface area contributed by atoms with Crippen molar-refractivity contribution < 1.29 is 13.6 Å². The van der Waals surface area contributed by atoms with Crippen LogP contribution < -0.4 is 5.73 Å². The number of hydrogen-bond donors (Lipinski definition) is 1. The van der Waals surface area contributed by atoms with Crippen molar-refractivity contribution in [1.82, 2.24) is 4.90 Å². The molecule has 3 nitrogen and oxygen atoms in total. The van der Waals surface area contributed by atoms with Gasteiger partial charge in [0.1, 0.15) is 0 Å². The summed E-state index contributed by atoms with van der Waals surface area (Å²) in [4.78, 5) is 12.6. The van der Waals surface area contributed by atoms with Crippen molar-refractivity contribution in [2.24, 2.45) is 5.73 Å². The second-order valence-electron chi connectivity index (χ2n) is 3.12. The second kappa shape index (κ2) is 7.67. The summed E-state index contributed by atoms with van der Waals surface area (Å²) in [5.74, 6) is -0.224. The van der Waals surface area contributed by atoms with E-state index in [0.717, 1.165) is 0 Å². The van der Waals surface area contributed by atoms with Crippen LogP contribution in [0, 0.1) is 0 Å². The van der Waals surface area contributed by atoms with Gasteiger partial charge in [0, 0.05) is 13.0 Å². The van der Waals surface area contributed by atoms with Gasteiger partial charge in [0.15, 0.2) is 0 Å². The van der Waals surface area contributed by atoms with E-state index in [9.17, 15) is 13.6 Å². The quantitative estimate of drug-likeness (QED) is 0.684.